The van der Waals surface area contributed by atoms with Crippen molar-refractivity contribution < 1.29 is 0 Å². The first kappa shape index (κ1) is 23.6. The van der Waals surface area contributed by atoms with E-state index in [9.17, 15) is 0 Å². The molecule has 0 radical (unpaired) electrons. The van der Waals surface area contributed by atoms with Crippen LogP contribution in [0.4, 0.5) is 0 Å². The van der Waals surface area contributed by atoms with Crippen LogP contribution in [-0.4, -0.2) is 0 Å². The van der Waals surface area contributed by atoms with E-state index in [1.807, 2.05) is 0 Å². The average Bonchev–Trinajstić information content (AvgIpc) is 3.01. The number of rotatable bonds is 4. The molecule has 0 N–H and O–H groups in total. The molecule has 0 nitrogen and oxygen atoms in total. The molecule has 1 unspecified atom stereocenters. The Balaban J connectivity index is 1.45. The molecule has 7 aromatic carbocycles. The van der Waals surface area contributed by atoms with Gasteiger partial charge in [-0.25, -0.2) is 0 Å². The van der Waals surface area contributed by atoms with E-state index in [4.69, 9.17) is 0 Å². The molecule has 7 rings (SSSR count). The van der Waals surface area contributed by atoms with E-state index in [2.05, 4.69) is 161 Å². The van der Waals surface area contributed by atoms with E-state index < -0.39 is 0 Å². The molecule has 1 atom stereocenters. The van der Waals surface area contributed by atoms with Gasteiger partial charge in [-0.2, -0.15) is 0 Å². The molecule has 0 fully saturated rings. The number of fused-ring (bicyclic) bond motifs is 2. The van der Waals surface area contributed by atoms with Gasteiger partial charge in [0.15, 0.2) is 0 Å². The normalized spacial score (nSPS) is 11.2. The van der Waals surface area contributed by atoms with Gasteiger partial charge in [0.05, 0.1) is 0 Å². The zero-order chi connectivity index (χ0) is 26.2. The Labute approximate surface area is 231 Å². The third-order valence-electron chi connectivity index (χ3n) is 7.61. The quantitative estimate of drug-likeness (QED) is 0.162. The van der Waals surface area contributed by atoms with Crippen molar-refractivity contribution in [1.29, 1.82) is 0 Å². The summed E-state index contributed by atoms with van der Waals surface area (Å²) in [5.41, 5.74) is 9.98. The second kappa shape index (κ2) is 9.99. The van der Waals surface area contributed by atoms with Gasteiger partial charge in [-0.3, -0.25) is 0 Å². The summed E-state index contributed by atoms with van der Waals surface area (Å²) in [5, 5.41) is 6.30. The Bertz CT molecular complexity index is 1880. The van der Waals surface area contributed by atoms with Gasteiger partial charge in [-0.1, -0.05) is 146 Å². The predicted molar refractivity (Wildman–Crippen MR) is 173 cm³/mol. The first-order chi connectivity index (χ1) is 19.3. The minimum Gasteiger partial charge on any atom is -0.106 e. The molecular formula is C38H27P. The highest BCUT2D eigenvalue weighted by atomic mass is 31.0. The maximum Gasteiger partial charge on any atom is -0.00262 e. The lowest BCUT2D eigenvalue weighted by Gasteiger charge is -2.18. The molecule has 0 spiro atoms. The van der Waals surface area contributed by atoms with Crippen LogP contribution in [0.3, 0.4) is 0 Å². The van der Waals surface area contributed by atoms with Crippen molar-refractivity contribution in [3.05, 3.63) is 152 Å². The molecule has 0 aliphatic heterocycles. The third kappa shape index (κ3) is 4.34. The van der Waals surface area contributed by atoms with Crippen LogP contribution in [-0.2, 0) is 0 Å². The van der Waals surface area contributed by atoms with Gasteiger partial charge in [0.25, 0.3) is 0 Å². The molecule has 39 heavy (non-hydrogen) atoms. The highest BCUT2D eigenvalue weighted by molar-refractivity contribution is 7.27. The number of benzene rings is 7. The fraction of sp³-hybridized carbons (Fsp3) is 0. The third-order valence-corrected chi connectivity index (χ3v) is 7.99. The summed E-state index contributed by atoms with van der Waals surface area (Å²) in [6.07, 6.45) is 0. The maximum absolute atomic E-state index is 2.76. The molecule has 0 heterocycles. The van der Waals surface area contributed by atoms with E-state index in [0.29, 0.717) is 0 Å². The largest absolute Gasteiger partial charge is 0.106 e. The highest BCUT2D eigenvalue weighted by Gasteiger charge is 2.16. The lowest BCUT2D eigenvalue weighted by atomic mass is 9.85. The molecule has 0 saturated heterocycles. The summed E-state index contributed by atoms with van der Waals surface area (Å²) in [4.78, 5) is 0. The summed E-state index contributed by atoms with van der Waals surface area (Å²) in [5.74, 6) is 0. The fourth-order valence-corrected chi connectivity index (χ4v) is 5.93. The van der Waals surface area contributed by atoms with Crippen molar-refractivity contribution in [1.82, 2.24) is 0 Å². The number of hydrogen-bond donors (Lipinski definition) is 0. The van der Waals surface area contributed by atoms with Crippen LogP contribution in [0.1, 0.15) is 0 Å². The second-order valence-corrected chi connectivity index (χ2v) is 10.7. The molecule has 0 amide bonds. The van der Waals surface area contributed by atoms with E-state index >= 15 is 0 Å². The molecule has 0 saturated carbocycles. The minimum atomic E-state index is 1.20. The van der Waals surface area contributed by atoms with Crippen LogP contribution in [0, 0.1) is 0 Å². The van der Waals surface area contributed by atoms with Crippen LogP contribution in [0.2, 0.25) is 0 Å². The van der Waals surface area contributed by atoms with Gasteiger partial charge in [0.2, 0.25) is 0 Å². The van der Waals surface area contributed by atoms with Crippen molar-refractivity contribution in [3.8, 4) is 44.5 Å². The Morgan fingerprint density at radius 2 is 0.667 bits per heavy atom. The summed E-state index contributed by atoms with van der Waals surface area (Å²) >= 11 is 0. The maximum atomic E-state index is 2.76. The van der Waals surface area contributed by atoms with Crippen molar-refractivity contribution in [2.24, 2.45) is 0 Å². The van der Waals surface area contributed by atoms with Crippen LogP contribution in [0.5, 0.6) is 0 Å². The monoisotopic (exact) mass is 514 g/mol. The SMILES string of the molecule is Pc1ccc(-c2ccc(-c3c4ccccc4c(-c4cccc(-c5ccccc5)c4)c4ccccc34)cc2)cc1. The standard InChI is InChI=1S/C38H27P/c39-32-23-21-28(22-24-32)27-17-19-29(20-18-27)37-33-13-4-6-15-35(33)38(36-16-7-5-14-34(36)37)31-12-8-11-30(25-31)26-9-2-1-3-10-26/h1-25H,39H2. The van der Waals surface area contributed by atoms with Crippen LogP contribution >= 0.6 is 9.24 Å². The summed E-state index contributed by atoms with van der Waals surface area (Å²) in [6, 6.07) is 55.0. The molecule has 0 aromatic heterocycles. The first-order valence-electron chi connectivity index (χ1n) is 13.3. The van der Waals surface area contributed by atoms with Crippen LogP contribution < -0.4 is 5.30 Å². The fourth-order valence-electron chi connectivity index (χ4n) is 5.74. The van der Waals surface area contributed by atoms with Crippen molar-refractivity contribution in [3.63, 3.8) is 0 Å². The van der Waals surface area contributed by atoms with E-state index in [1.54, 1.807) is 0 Å². The molecule has 0 aliphatic carbocycles. The molecule has 0 aliphatic rings. The Hall–Kier alpha value is -4.51. The molecule has 0 bridgehead atoms. The van der Waals surface area contributed by atoms with Crippen LogP contribution in [0.25, 0.3) is 66.1 Å². The summed E-state index contributed by atoms with van der Waals surface area (Å²) in [7, 11) is 2.76. The van der Waals surface area contributed by atoms with Gasteiger partial charge >= 0.3 is 0 Å². The zero-order valence-corrected chi connectivity index (χ0v) is 22.7. The van der Waals surface area contributed by atoms with E-state index in [1.165, 1.54) is 71.4 Å². The Kier molecular flexibility index (Phi) is 6.04. The lowest BCUT2D eigenvalue weighted by Crippen LogP contribution is -1.91. The van der Waals surface area contributed by atoms with Gasteiger partial charge in [0, 0.05) is 0 Å². The zero-order valence-electron chi connectivity index (χ0n) is 21.5. The van der Waals surface area contributed by atoms with Crippen molar-refractivity contribution in [2.75, 3.05) is 0 Å². The van der Waals surface area contributed by atoms with Gasteiger partial charge < -0.3 is 0 Å². The lowest BCUT2D eigenvalue weighted by molar-refractivity contribution is 1.60. The summed E-state index contributed by atoms with van der Waals surface area (Å²) < 4.78 is 0. The van der Waals surface area contributed by atoms with E-state index in [0.717, 1.165) is 0 Å². The average molecular weight is 515 g/mol. The van der Waals surface area contributed by atoms with Crippen LogP contribution in [0.15, 0.2) is 152 Å². The number of hydrogen-bond acceptors (Lipinski definition) is 0. The van der Waals surface area contributed by atoms with Crippen molar-refractivity contribution in [2.45, 2.75) is 0 Å². The molecule has 7 aromatic rings. The molecule has 1 heteroatoms. The summed E-state index contributed by atoms with van der Waals surface area (Å²) in [6.45, 7) is 0. The van der Waals surface area contributed by atoms with Crippen molar-refractivity contribution >= 4 is 36.1 Å². The molecular weight excluding hydrogens is 487 g/mol. The van der Waals surface area contributed by atoms with Gasteiger partial charge in [-0.05, 0) is 77.4 Å². The second-order valence-electron chi connectivity index (χ2n) is 9.99. The highest BCUT2D eigenvalue weighted by Crippen LogP contribution is 2.44. The predicted octanol–water partition coefficient (Wildman–Crippen LogP) is 10.2. The first-order valence-corrected chi connectivity index (χ1v) is 13.9. The van der Waals surface area contributed by atoms with Gasteiger partial charge in [-0.15, -0.1) is 9.24 Å². The van der Waals surface area contributed by atoms with E-state index in [-0.39, 0.29) is 0 Å². The molecule has 184 valence electrons. The Morgan fingerprint density at radius 1 is 0.282 bits per heavy atom. The topological polar surface area (TPSA) is 0 Å². The minimum absolute atomic E-state index is 1.20. The Morgan fingerprint density at radius 3 is 1.23 bits per heavy atom. The smallest absolute Gasteiger partial charge is 0.00262 e. The van der Waals surface area contributed by atoms with Gasteiger partial charge in [0.1, 0.15) is 0 Å².